The zero-order chi connectivity index (χ0) is 20.7. The molecule has 2 heterocycles. The minimum atomic E-state index is -0.110. The van der Waals surface area contributed by atoms with Gasteiger partial charge in [-0.2, -0.15) is 0 Å². The van der Waals surface area contributed by atoms with Crippen LogP contribution in [0.25, 0.3) is 22.2 Å². The van der Waals surface area contributed by atoms with Crippen molar-refractivity contribution in [1.29, 1.82) is 0 Å². The van der Waals surface area contributed by atoms with E-state index in [1.165, 1.54) is 22.5 Å². The first-order valence-electron chi connectivity index (χ1n) is 9.85. The molecule has 148 valence electrons. The number of amides is 1. The van der Waals surface area contributed by atoms with Crippen LogP contribution in [-0.2, 0) is 6.54 Å². The number of nitrogens with one attached hydrogen (secondary N) is 1. The van der Waals surface area contributed by atoms with Crippen molar-refractivity contribution in [2.24, 2.45) is 0 Å². The van der Waals surface area contributed by atoms with E-state index in [9.17, 15) is 4.79 Å². The molecular formula is C24H25N3OS. The zero-order valence-electron chi connectivity index (χ0n) is 17.5. The Morgan fingerprint density at radius 3 is 2.55 bits per heavy atom. The second kappa shape index (κ2) is 7.48. The zero-order valence-corrected chi connectivity index (χ0v) is 18.3. The fourth-order valence-electron chi connectivity index (χ4n) is 3.86. The predicted molar refractivity (Wildman–Crippen MR) is 122 cm³/mol. The SMILES string of the molecule is CCn1c(C(=O)Nc2nc(-c3ccc(C)c(C)c3)c(C)s2)c(C)c2ccccc21. The van der Waals surface area contributed by atoms with Gasteiger partial charge in [0.1, 0.15) is 5.69 Å². The number of nitrogens with zero attached hydrogens (tertiary/aromatic N) is 2. The van der Waals surface area contributed by atoms with Crippen LogP contribution in [0.15, 0.2) is 42.5 Å². The van der Waals surface area contributed by atoms with E-state index in [4.69, 9.17) is 4.98 Å². The molecule has 2 aromatic heterocycles. The van der Waals surface area contributed by atoms with Crippen LogP contribution in [0.1, 0.15) is 39.0 Å². The minimum Gasteiger partial charge on any atom is -0.337 e. The van der Waals surface area contributed by atoms with Crippen molar-refractivity contribution in [3.8, 4) is 11.3 Å². The van der Waals surface area contributed by atoms with Gasteiger partial charge in [-0.1, -0.05) is 30.3 Å². The molecule has 0 saturated heterocycles. The van der Waals surface area contributed by atoms with Gasteiger partial charge in [-0.15, -0.1) is 11.3 Å². The lowest BCUT2D eigenvalue weighted by Gasteiger charge is -2.08. The first-order valence-corrected chi connectivity index (χ1v) is 10.7. The number of benzene rings is 2. The lowest BCUT2D eigenvalue weighted by atomic mass is 10.0. The third-order valence-electron chi connectivity index (χ3n) is 5.55. The summed E-state index contributed by atoms with van der Waals surface area (Å²) in [7, 11) is 0. The van der Waals surface area contributed by atoms with Crippen LogP contribution in [0.5, 0.6) is 0 Å². The molecule has 29 heavy (non-hydrogen) atoms. The molecule has 2 aromatic carbocycles. The maximum absolute atomic E-state index is 13.2. The van der Waals surface area contributed by atoms with Gasteiger partial charge in [-0.05, 0) is 63.4 Å². The van der Waals surface area contributed by atoms with E-state index in [2.05, 4.69) is 61.0 Å². The Morgan fingerprint density at radius 1 is 1.07 bits per heavy atom. The van der Waals surface area contributed by atoms with Crippen LogP contribution in [0.3, 0.4) is 0 Å². The molecule has 0 saturated carbocycles. The topological polar surface area (TPSA) is 46.9 Å². The second-order valence-corrected chi connectivity index (χ2v) is 8.62. The van der Waals surface area contributed by atoms with Gasteiger partial charge >= 0.3 is 0 Å². The van der Waals surface area contributed by atoms with Crippen LogP contribution >= 0.6 is 11.3 Å². The highest BCUT2D eigenvalue weighted by molar-refractivity contribution is 7.16. The van der Waals surface area contributed by atoms with Gasteiger partial charge in [0.15, 0.2) is 5.13 Å². The molecule has 0 spiro atoms. The molecule has 1 N–H and O–H groups in total. The lowest BCUT2D eigenvalue weighted by Crippen LogP contribution is -2.17. The number of hydrogen-bond acceptors (Lipinski definition) is 3. The van der Waals surface area contributed by atoms with Gasteiger partial charge in [0.05, 0.1) is 5.69 Å². The van der Waals surface area contributed by atoms with Gasteiger partial charge in [0.2, 0.25) is 0 Å². The molecule has 4 rings (SSSR count). The maximum atomic E-state index is 13.2. The summed E-state index contributed by atoms with van der Waals surface area (Å²) in [6.45, 7) is 11.1. The lowest BCUT2D eigenvalue weighted by molar-refractivity contribution is 0.101. The van der Waals surface area contributed by atoms with E-state index in [1.807, 2.05) is 26.0 Å². The molecule has 0 radical (unpaired) electrons. The van der Waals surface area contributed by atoms with E-state index in [0.717, 1.165) is 39.1 Å². The molecule has 0 atom stereocenters. The summed E-state index contributed by atoms with van der Waals surface area (Å²) < 4.78 is 2.07. The second-order valence-electron chi connectivity index (χ2n) is 7.41. The van der Waals surface area contributed by atoms with Crippen LogP contribution in [0, 0.1) is 27.7 Å². The Labute approximate surface area is 175 Å². The number of aromatic nitrogens is 2. The normalized spacial score (nSPS) is 11.2. The van der Waals surface area contributed by atoms with Gasteiger partial charge < -0.3 is 4.57 Å². The van der Waals surface area contributed by atoms with E-state index >= 15 is 0 Å². The van der Waals surface area contributed by atoms with Gasteiger partial charge in [-0.3, -0.25) is 10.1 Å². The van der Waals surface area contributed by atoms with Crippen molar-refractivity contribution in [2.75, 3.05) is 5.32 Å². The van der Waals surface area contributed by atoms with Crippen LogP contribution in [0.2, 0.25) is 0 Å². The van der Waals surface area contributed by atoms with Gasteiger partial charge in [0.25, 0.3) is 5.91 Å². The van der Waals surface area contributed by atoms with Crippen molar-refractivity contribution < 1.29 is 4.79 Å². The summed E-state index contributed by atoms with van der Waals surface area (Å²) in [5.41, 5.74) is 7.31. The van der Waals surface area contributed by atoms with Crippen LogP contribution < -0.4 is 5.32 Å². The maximum Gasteiger partial charge on any atom is 0.274 e. The summed E-state index contributed by atoms with van der Waals surface area (Å²) >= 11 is 1.52. The van der Waals surface area contributed by atoms with Gasteiger partial charge in [-0.25, -0.2) is 4.98 Å². The van der Waals surface area contributed by atoms with Crippen molar-refractivity contribution in [2.45, 2.75) is 41.2 Å². The number of carbonyl (C=O) groups is 1. The summed E-state index contributed by atoms with van der Waals surface area (Å²) in [5, 5.41) is 4.79. The number of carbonyl (C=O) groups excluding carboxylic acids is 1. The van der Waals surface area contributed by atoms with Crippen molar-refractivity contribution in [3.05, 3.63) is 69.7 Å². The predicted octanol–water partition coefficient (Wildman–Crippen LogP) is 6.27. The molecule has 0 bridgehead atoms. The average Bonchev–Trinajstić information content (AvgIpc) is 3.21. The van der Waals surface area contributed by atoms with E-state index < -0.39 is 0 Å². The highest BCUT2D eigenvalue weighted by atomic mass is 32.1. The number of fused-ring (bicyclic) bond motifs is 1. The van der Waals surface area contributed by atoms with Crippen molar-refractivity contribution in [3.63, 3.8) is 0 Å². The third-order valence-corrected chi connectivity index (χ3v) is 6.44. The highest BCUT2D eigenvalue weighted by Crippen LogP contribution is 2.32. The number of rotatable bonds is 4. The molecular weight excluding hydrogens is 378 g/mol. The first kappa shape index (κ1) is 19.4. The highest BCUT2D eigenvalue weighted by Gasteiger charge is 2.21. The van der Waals surface area contributed by atoms with Crippen molar-refractivity contribution >= 4 is 33.3 Å². The van der Waals surface area contributed by atoms with E-state index in [0.29, 0.717) is 10.8 Å². The van der Waals surface area contributed by atoms with Gasteiger partial charge in [0, 0.05) is 27.9 Å². The number of thiazole rings is 1. The first-order chi connectivity index (χ1) is 13.9. The molecule has 1 amide bonds. The minimum absolute atomic E-state index is 0.110. The molecule has 5 heteroatoms. The number of anilines is 1. The largest absolute Gasteiger partial charge is 0.337 e. The monoisotopic (exact) mass is 403 g/mol. The quantitative estimate of drug-likeness (QED) is 0.436. The number of para-hydroxylation sites is 1. The van der Waals surface area contributed by atoms with E-state index in [1.54, 1.807) is 0 Å². The standard InChI is InChI=1S/C24H25N3OS/c1-6-27-20-10-8-7-9-19(20)16(4)22(27)23(28)26-24-25-21(17(5)29-24)18-12-11-14(2)15(3)13-18/h7-13H,6H2,1-5H3,(H,25,26,28). The molecule has 4 aromatic rings. The summed E-state index contributed by atoms with van der Waals surface area (Å²) in [5.74, 6) is -0.110. The van der Waals surface area contributed by atoms with E-state index in [-0.39, 0.29) is 5.91 Å². The Morgan fingerprint density at radius 2 is 1.83 bits per heavy atom. The Kier molecular flexibility index (Phi) is 5.01. The Hall–Kier alpha value is -2.92. The van der Waals surface area contributed by atoms with Crippen molar-refractivity contribution in [1.82, 2.24) is 9.55 Å². The molecule has 4 nitrogen and oxygen atoms in total. The summed E-state index contributed by atoms with van der Waals surface area (Å²) in [6.07, 6.45) is 0. The Bertz CT molecular complexity index is 1230. The van der Waals surface area contributed by atoms with Crippen LogP contribution in [-0.4, -0.2) is 15.5 Å². The number of aryl methyl sites for hydroxylation is 5. The fraction of sp³-hybridized carbons (Fsp3) is 0.250. The number of hydrogen-bond donors (Lipinski definition) is 1. The summed E-state index contributed by atoms with van der Waals surface area (Å²) in [4.78, 5) is 19.0. The Balaban J connectivity index is 1.69. The fourth-order valence-corrected chi connectivity index (χ4v) is 4.69. The third kappa shape index (κ3) is 3.36. The molecule has 0 fully saturated rings. The van der Waals surface area contributed by atoms with Crippen LogP contribution in [0.4, 0.5) is 5.13 Å². The molecule has 0 aliphatic rings. The average molecular weight is 404 g/mol. The molecule has 0 unspecified atom stereocenters. The molecule has 0 aliphatic heterocycles. The summed E-state index contributed by atoms with van der Waals surface area (Å²) in [6, 6.07) is 14.5. The molecule has 0 aliphatic carbocycles. The smallest absolute Gasteiger partial charge is 0.274 e.